The van der Waals surface area contributed by atoms with Crippen LogP contribution in [0.15, 0.2) is 54.6 Å². The fourth-order valence-electron chi connectivity index (χ4n) is 5.60. The maximum atomic E-state index is 13.3. The number of unbranched alkanes of at least 4 members (excludes halogenated alkanes) is 1. The van der Waals surface area contributed by atoms with Crippen LogP contribution in [0.3, 0.4) is 0 Å². The van der Waals surface area contributed by atoms with Crippen LogP contribution in [0.5, 0.6) is 5.75 Å². The normalized spacial score (nSPS) is 14.5. The molecular formula is C38H55N9O12. The Balaban J connectivity index is 2.07. The number of carbonyl (C=O) groups excluding carboxylic acids is 6. The Labute approximate surface area is 340 Å². The number of aromatic hydroxyl groups is 1. The number of hydrogen-bond acceptors (Lipinski definition) is 12. The first-order valence-electron chi connectivity index (χ1n) is 18.9. The van der Waals surface area contributed by atoms with E-state index in [4.69, 9.17) is 5.73 Å². The molecule has 0 saturated heterocycles. The first-order valence-corrected chi connectivity index (χ1v) is 18.9. The minimum atomic E-state index is -1.61. The summed E-state index contributed by atoms with van der Waals surface area (Å²) in [6, 6.07) is 4.74. The van der Waals surface area contributed by atoms with Crippen molar-refractivity contribution >= 4 is 41.4 Å². The molecule has 324 valence electrons. The second-order valence-corrected chi connectivity index (χ2v) is 14.2. The molecule has 7 atom stereocenters. The van der Waals surface area contributed by atoms with Crippen molar-refractivity contribution in [1.29, 1.82) is 0 Å². The molecule has 2 rings (SSSR count). The van der Waals surface area contributed by atoms with Gasteiger partial charge in [-0.2, -0.15) is 0 Å². The molecule has 0 aliphatic carbocycles. The highest BCUT2D eigenvalue weighted by Crippen LogP contribution is 2.13. The summed E-state index contributed by atoms with van der Waals surface area (Å²) < 4.78 is 0. The fraction of sp³-hybridized carbons (Fsp3) is 0.500. The molecule has 0 bridgehead atoms. The molecule has 0 aliphatic heterocycles. The Bertz CT molecular complexity index is 1750. The van der Waals surface area contributed by atoms with E-state index < -0.39 is 101 Å². The van der Waals surface area contributed by atoms with E-state index in [1.165, 1.54) is 38.1 Å². The first kappa shape index (κ1) is 48.8. The van der Waals surface area contributed by atoms with Crippen LogP contribution >= 0.6 is 0 Å². The molecule has 0 radical (unpaired) electrons. The van der Waals surface area contributed by atoms with E-state index in [1.807, 2.05) is 5.43 Å². The number of nitrogens with one attached hydrogen (secondary N) is 7. The first-order chi connectivity index (χ1) is 27.9. The zero-order chi connectivity index (χ0) is 44.2. The van der Waals surface area contributed by atoms with E-state index in [-0.39, 0.29) is 25.0 Å². The van der Waals surface area contributed by atoms with Crippen LogP contribution in [0.25, 0.3) is 0 Å². The van der Waals surface area contributed by atoms with Crippen molar-refractivity contribution in [2.75, 3.05) is 13.2 Å². The number of aliphatic hydroxyl groups is 1. The van der Waals surface area contributed by atoms with Gasteiger partial charge in [-0.15, -0.1) is 5.43 Å². The lowest BCUT2D eigenvalue weighted by molar-refractivity contribution is -0.548. The molecule has 2 aromatic carbocycles. The van der Waals surface area contributed by atoms with Gasteiger partial charge in [-0.3, -0.25) is 28.8 Å². The highest BCUT2D eigenvalue weighted by molar-refractivity contribution is 5.97. The smallest absolute Gasteiger partial charge is 0.326 e. The molecule has 0 aliphatic rings. The van der Waals surface area contributed by atoms with E-state index >= 15 is 0 Å². The van der Waals surface area contributed by atoms with E-state index in [2.05, 4.69) is 31.9 Å². The van der Waals surface area contributed by atoms with Crippen molar-refractivity contribution in [3.63, 3.8) is 0 Å². The third-order valence-corrected chi connectivity index (χ3v) is 9.00. The third-order valence-electron chi connectivity index (χ3n) is 9.00. The van der Waals surface area contributed by atoms with Gasteiger partial charge in [0.15, 0.2) is 11.1 Å². The van der Waals surface area contributed by atoms with Crippen molar-refractivity contribution in [2.45, 2.75) is 102 Å². The largest absolute Gasteiger partial charge is 0.508 e. The van der Waals surface area contributed by atoms with E-state index in [1.54, 1.807) is 44.2 Å². The monoisotopic (exact) mass is 829 g/mol. The summed E-state index contributed by atoms with van der Waals surface area (Å²) in [5, 5.41) is 54.0. The van der Waals surface area contributed by atoms with E-state index in [9.17, 15) is 59.0 Å². The topological polar surface area (TPSA) is 334 Å². The van der Waals surface area contributed by atoms with Crippen LogP contribution in [0.1, 0.15) is 58.1 Å². The molecule has 0 aromatic heterocycles. The van der Waals surface area contributed by atoms with Gasteiger partial charge in [0, 0.05) is 12.8 Å². The van der Waals surface area contributed by atoms with E-state index in [0.717, 1.165) is 0 Å². The lowest BCUT2D eigenvalue weighted by atomic mass is 10.0. The molecule has 6 amide bonds. The molecule has 12 N–H and O–H groups in total. The van der Waals surface area contributed by atoms with Gasteiger partial charge in [-0.25, -0.2) is 14.9 Å². The minimum absolute atomic E-state index is 0.0232. The molecule has 0 heterocycles. The van der Waals surface area contributed by atoms with Crippen LogP contribution in [0, 0.1) is 16.0 Å². The number of amides is 6. The third kappa shape index (κ3) is 17.0. The van der Waals surface area contributed by atoms with Crippen molar-refractivity contribution in [2.24, 2.45) is 11.7 Å². The molecule has 2 aromatic rings. The second-order valence-electron chi connectivity index (χ2n) is 14.2. The van der Waals surface area contributed by atoms with Gasteiger partial charge in [0.2, 0.25) is 35.4 Å². The summed E-state index contributed by atoms with van der Waals surface area (Å²) in [6.07, 6.45) is 0.892. The zero-order valence-electron chi connectivity index (χ0n) is 33.3. The summed E-state index contributed by atoms with van der Waals surface area (Å²) in [6.45, 7) is 5.14. The Kier molecular flexibility index (Phi) is 20.2. The predicted octanol–water partition coefficient (Wildman–Crippen LogP) is -1.86. The number of aliphatic carboxylic acids is 1. The molecule has 0 saturated carbocycles. The number of benzene rings is 2. The average molecular weight is 830 g/mol. The minimum Gasteiger partial charge on any atom is -0.508 e. The van der Waals surface area contributed by atoms with E-state index in [0.29, 0.717) is 30.5 Å². The molecular weight excluding hydrogens is 774 g/mol. The summed E-state index contributed by atoms with van der Waals surface area (Å²) in [5.74, 6) is -7.17. The number of nitrogens with zero attached hydrogens (tertiary/aromatic N) is 1. The average Bonchev–Trinajstić information content (AvgIpc) is 3.18. The summed E-state index contributed by atoms with van der Waals surface area (Å²) in [5.41, 5.74) is 8.53. The van der Waals surface area contributed by atoms with Gasteiger partial charge >= 0.3 is 5.97 Å². The number of hydrazine groups is 1. The molecule has 59 heavy (non-hydrogen) atoms. The number of carbonyl (C=O) groups is 7. The van der Waals surface area contributed by atoms with Crippen molar-refractivity contribution in [3.05, 3.63) is 75.8 Å². The lowest BCUT2D eigenvalue weighted by Crippen LogP contribution is -2.60. The number of phenolic OH excluding ortho intramolecular Hbond substituents is 1. The van der Waals surface area contributed by atoms with Crippen LogP contribution in [-0.4, -0.2) is 117 Å². The van der Waals surface area contributed by atoms with Gasteiger partial charge in [0.05, 0.1) is 6.61 Å². The Morgan fingerprint density at radius 1 is 0.644 bits per heavy atom. The number of phenols is 1. The number of aliphatic hydroxyl groups excluding tert-OH is 1. The number of carboxylic acid groups (broad SMARTS) is 1. The highest BCUT2D eigenvalue weighted by Gasteiger charge is 2.33. The molecule has 21 nitrogen and oxygen atoms in total. The van der Waals surface area contributed by atoms with Gasteiger partial charge in [0.1, 0.15) is 42.0 Å². The second kappa shape index (κ2) is 24.4. The number of rotatable bonds is 25. The SMILES string of the molecule is CC(C)[C@H](NC(=O)[C@H](Cc1ccc(O)cc1)N[N+](=O)[O-])C(=O)N[C@@H](C)C(=O)N[C@@H](CO)C(=O)N[C@@H](C)C(=O)N[C@@H](Cc1ccccc1)C(=O)N[C@@H](CCCCN)C(=O)O. The lowest BCUT2D eigenvalue weighted by Gasteiger charge is -2.26. The summed E-state index contributed by atoms with van der Waals surface area (Å²) >= 11 is 0. The van der Waals surface area contributed by atoms with Crippen LogP contribution in [0.2, 0.25) is 0 Å². The Morgan fingerprint density at radius 2 is 1.14 bits per heavy atom. The molecule has 21 heteroatoms. The Morgan fingerprint density at radius 3 is 1.66 bits per heavy atom. The fourth-order valence-corrected chi connectivity index (χ4v) is 5.60. The van der Waals surface area contributed by atoms with Crippen molar-refractivity contribution in [1.82, 2.24) is 37.3 Å². The van der Waals surface area contributed by atoms with Gasteiger partial charge in [-0.05, 0) is 68.8 Å². The van der Waals surface area contributed by atoms with Gasteiger partial charge < -0.3 is 53.0 Å². The maximum Gasteiger partial charge on any atom is 0.326 e. The maximum absolute atomic E-state index is 13.3. The van der Waals surface area contributed by atoms with Gasteiger partial charge in [0.25, 0.3) is 0 Å². The highest BCUT2D eigenvalue weighted by atomic mass is 16.7. The number of nitrogens with two attached hydrogens (primary N) is 1. The summed E-state index contributed by atoms with van der Waals surface area (Å²) in [7, 11) is 0. The van der Waals surface area contributed by atoms with Crippen LogP contribution in [-0.2, 0) is 46.4 Å². The van der Waals surface area contributed by atoms with Crippen LogP contribution < -0.4 is 43.1 Å². The number of nitro groups is 1. The molecule has 0 spiro atoms. The quantitative estimate of drug-likeness (QED) is 0.0297. The predicted molar refractivity (Wildman–Crippen MR) is 211 cm³/mol. The number of carboxylic acids is 1. The standard InChI is InChI=1S/C38H55N9O12/c1-21(2)31(45-35(53)29(46-47(58)59)19-25-13-15-26(49)16-14-25)37(55)41-23(4)33(51)44-30(20-48)36(54)40-22(3)32(50)43-28(18-24-10-6-5-7-11-24)34(52)42-27(38(56)57)12-8-9-17-39/h5-7,10-11,13-16,21-23,27-31,46,48-49H,8-9,12,17-20,39H2,1-4H3,(H,40,54)(H,41,55)(H,42,52)(H,43,50)(H,44,51)(H,45,53)(H,56,57)/t22-,23-,27-,28-,29-,30-,31-/m0/s1. The summed E-state index contributed by atoms with van der Waals surface area (Å²) in [4.78, 5) is 102. The molecule has 0 unspecified atom stereocenters. The zero-order valence-corrected chi connectivity index (χ0v) is 33.3. The van der Waals surface area contributed by atoms with Crippen molar-refractivity contribution < 1.29 is 53.9 Å². The number of hydrogen-bond donors (Lipinski definition) is 11. The van der Waals surface area contributed by atoms with Crippen LogP contribution in [0.4, 0.5) is 0 Å². The molecule has 0 fully saturated rings. The van der Waals surface area contributed by atoms with Gasteiger partial charge in [-0.1, -0.05) is 56.3 Å². The van der Waals surface area contributed by atoms with Crippen molar-refractivity contribution in [3.8, 4) is 5.75 Å². The Hall–Kier alpha value is -6.35.